The fourth-order valence-corrected chi connectivity index (χ4v) is 19.4. The zero-order valence-corrected chi connectivity index (χ0v) is 59.7. The van der Waals surface area contributed by atoms with E-state index in [4.69, 9.17) is 28.4 Å². The summed E-state index contributed by atoms with van der Waals surface area (Å²) in [5.74, 6) is -3.33. The van der Waals surface area contributed by atoms with Gasteiger partial charge >= 0.3 is 39.0 Å². The van der Waals surface area contributed by atoms with E-state index < -0.39 is 117 Å². The van der Waals surface area contributed by atoms with Crippen LogP contribution in [-0.2, 0) is 38.0 Å². The number of carbonyl (C=O) groups is 2. The molecule has 1 amide bonds. The van der Waals surface area contributed by atoms with Crippen molar-refractivity contribution in [1.82, 2.24) is 9.80 Å². The summed E-state index contributed by atoms with van der Waals surface area (Å²) in [7, 11) is -7.52. The van der Waals surface area contributed by atoms with Gasteiger partial charge in [-0.1, -0.05) is 51.8 Å². The number of hydrogen-bond acceptors (Lipinski definition) is 14. The molecule has 3 aromatic carbocycles. The summed E-state index contributed by atoms with van der Waals surface area (Å²) in [6, 6.07) is 20.0. The van der Waals surface area contributed by atoms with Crippen LogP contribution in [0.15, 0.2) is 54.6 Å². The van der Waals surface area contributed by atoms with E-state index in [2.05, 4.69) is 96.1 Å². The van der Waals surface area contributed by atoms with Gasteiger partial charge in [-0.25, -0.2) is 0 Å². The third-order valence-corrected chi connectivity index (χ3v) is 23.5. The average molecular weight is 1350 g/mol. The molecular weight excluding hydrogens is 1240 g/mol. The van der Waals surface area contributed by atoms with E-state index in [1.165, 1.54) is 63.3 Å². The number of hydrogen-bond donors (Lipinski definition) is 5. The summed E-state index contributed by atoms with van der Waals surface area (Å²) < 4.78 is 97.6. The number of likely N-dealkylation sites (N-methyl/N-ethyl adjacent to an activating group) is 1. The Hall–Kier alpha value is -3.40. The molecule has 18 atom stereocenters. The van der Waals surface area contributed by atoms with Gasteiger partial charge in [0.1, 0.15) is 53.2 Å². The fourth-order valence-electron chi connectivity index (χ4n) is 14.5. The second-order valence-corrected chi connectivity index (χ2v) is 33.9. The molecule has 3 heterocycles. The number of ether oxygens (including phenoxy) is 6. The topological polar surface area (TPSA) is 197 Å². The number of aliphatic hydroxyl groups excluding tert-OH is 3. The number of rotatable bonds is 18. The Kier molecular flexibility index (Phi) is 26.3. The van der Waals surface area contributed by atoms with Crippen LogP contribution in [0, 0.1) is 59.3 Å². The first-order chi connectivity index (χ1) is 42.1. The van der Waals surface area contributed by atoms with Crippen LogP contribution in [0.25, 0.3) is 0 Å². The van der Waals surface area contributed by atoms with Gasteiger partial charge in [0.25, 0.3) is 0 Å². The Labute approximate surface area is 544 Å². The van der Waals surface area contributed by atoms with Gasteiger partial charge in [0.15, 0.2) is 12.6 Å². The van der Waals surface area contributed by atoms with Crippen LogP contribution in [0.2, 0.25) is 0 Å². The molecule has 0 bridgehead atoms. The van der Waals surface area contributed by atoms with Crippen LogP contribution in [0.4, 0.5) is 25.2 Å². The minimum absolute atomic E-state index is 0.0605. The zero-order valence-electron chi connectivity index (χ0n) is 57.9. The molecule has 526 valence electrons. The SMILES string of the molecule is CC[C@H]1OC(=O)[C@H](C)[C@@H](O[C@H]2C[C@@](C)(OC)[C@@H](O)[C@H](C)O2)[C@H](C)[C@@H](O[C@@H]2O[C@H](C)C[C@H](N(C)C)[C@H]2O)[C@](C)(O)C[C@@H](C)CN(C(=O)CCCCCCC[P+](c2cc(C)cc(C)c2)(c2cc(C)cc(C)c2)c2cc(C)cc(C)c2)[C@H](C)[C@@H](O)[C@]1(C)O.F[P-](F)(F)(F)(F)F. The summed E-state index contributed by atoms with van der Waals surface area (Å²) in [6.45, 7) is 30.6. The molecule has 92 heavy (non-hydrogen) atoms. The summed E-state index contributed by atoms with van der Waals surface area (Å²) in [5, 5.41) is 65.2. The van der Waals surface area contributed by atoms with E-state index in [-0.39, 0.29) is 50.3 Å². The van der Waals surface area contributed by atoms with Crippen LogP contribution < -0.4 is 15.9 Å². The van der Waals surface area contributed by atoms with E-state index in [9.17, 15) is 60.3 Å². The molecule has 3 saturated heterocycles. The van der Waals surface area contributed by atoms with Crippen LogP contribution in [0.3, 0.4) is 0 Å². The summed E-state index contributed by atoms with van der Waals surface area (Å²) in [4.78, 5) is 33.2. The van der Waals surface area contributed by atoms with E-state index in [1.54, 1.807) is 46.4 Å². The fraction of sp³-hybridized carbons (Fsp3) is 0.710. The number of unbranched alkanes of at least 4 members (excludes halogenated alkanes) is 4. The normalized spacial score (nSPS) is 34.0. The van der Waals surface area contributed by atoms with Crippen molar-refractivity contribution in [3.63, 3.8) is 0 Å². The van der Waals surface area contributed by atoms with Gasteiger partial charge in [-0.2, -0.15) is 0 Å². The van der Waals surface area contributed by atoms with Gasteiger partial charge in [0.2, 0.25) is 5.91 Å². The predicted molar refractivity (Wildman–Crippen MR) is 353 cm³/mol. The third kappa shape index (κ3) is 21.3. The van der Waals surface area contributed by atoms with Crippen molar-refractivity contribution >= 4 is 42.9 Å². The molecule has 3 fully saturated rings. The van der Waals surface area contributed by atoms with Crippen molar-refractivity contribution in [3.05, 3.63) is 88.0 Å². The number of halogens is 6. The Morgan fingerprint density at radius 1 is 0.707 bits per heavy atom. The molecule has 6 rings (SSSR count). The minimum atomic E-state index is -10.7. The molecule has 23 heteroatoms. The van der Waals surface area contributed by atoms with Crippen LogP contribution in [-0.4, -0.2) is 171 Å². The maximum atomic E-state index is 14.9. The molecule has 3 aromatic rings. The molecule has 0 aliphatic carbocycles. The average Bonchev–Trinajstić information content (AvgIpc) is 0.787. The Bertz CT molecular complexity index is 2750. The number of amides is 1. The number of aryl methyl sites for hydroxylation is 6. The standard InChI is InChI=1S/C69H110N2O13P.F6P/c1-20-57-69(16,78)62(74)51(12)71(58(72)26-24-22-21-23-25-27-85(53-31-41(2)28-42(3)32-53,54-33-43(4)29-44(5)34-54)55-35-45(6)30-46(7)36-55)40-47(8)38-67(14,77)64(84-66-60(73)56(70(17)18)37-48(9)80-66)49(10)61(50(11)65(76)82-57)83-59-39-68(15,79-19)63(75)52(13)81-59;1-7(2,3,4,5)6/h28-36,47-52,56-57,59-64,66,73-75,77-78H,20-27,37-40H2,1-19H3;/q+1;-1/t47-,48-,49+,50-,51-,52+,56+,57-,59+,60-,61+,62-,63+,64-,66+,67-,68-,69-;/m1./s1. The van der Waals surface area contributed by atoms with Crippen molar-refractivity contribution in [2.24, 2.45) is 17.8 Å². The second kappa shape index (κ2) is 30.6. The van der Waals surface area contributed by atoms with Crippen molar-refractivity contribution in [3.8, 4) is 0 Å². The number of nitrogens with zero attached hydrogens (tertiary/aromatic N) is 2. The molecule has 3 aliphatic heterocycles. The van der Waals surface area contributed by atoms with Gasteiger partial charge in [0, 0.05) is 38.5 Å². The van der Waals surface area contributed by atoms with Crippen LogP contribution >= 0.6 is 15.1 Å². The maximum absolute atomic E-state index is 14.9. The number of cyclic esters (lactones) is 1. The number of aliphatic hydroxyl groups is 5. The van der Waals surface area contributed by atoms with Crippen molar-refractivity contribution in [2.75, 3.05) is 33.9 Å². The molecule has 0 unspecified atom stereocenters. The summed E-state index contributed by atoms with van der Waals surface area (Å²) in [5.41, 5.74) is 2.71. The van der Waals surface area contributed by atoms with Crippen molar-refractivity contribution < 1.29 is 88.7 Å². The summed E-state index contributed by atoms with van der Waals surface area (Å²) in [6.07, 6.45) is -4.10. The number of esters is 1. The second-order valence-electron chi connectivity index (χ2n) is 28.3. The van der Waals surface area contributed by atoms with E-state index >= 15 is 0 Å². The van der Waals surface area contributed by atoms with Crippen LogP contribution in [0.5, 0.6) is 0 Å². The molecular formula is C69H110F6N2O13P2. The van der Waals surface area contributed by atoms with E-state index in [0.717, 1.165) is 31.8 Å². The van der Waals surface area contributed by atoms with Gasteiger partial charge < -0.3 is 63.8 Å². The third-order valence-electron chi connectivity index (χ3n) is 19.1. The van der Waals surface area contributed by atoms with Gasteiger partial charge in [-0.3, -0.25) is 9.59 Å². The molecule has 0 saturated carbocycles. The molecule has 5 N–H and O–H groups in total. The Morgan fingerprint density at radius 2 is 1.17 bits per heavy atom. The molecule has 15 nitrogen and oxygen atoms in total. The molecule has 3 aliphatic rings. The van der Waals surface area contributed by atoms with Crippen molar-refractivity contribution in [2.45, 2.75) is 265 Å². The molecule has 0 spiro atoms. The van der Waals surface area contributed by atoms with Crippen molar-refractivity contribution in [1.29, 1.82) is 0 Å². The zero-order chi connectivity index (χ0) is 69.7. The summed E-state index contributed by atoms with van der Waals surface area (Å²) >= 11 is 0. The monoisotopic (exact) mass is 1350 g/mol. The Morgan fingerprint density at radius 3 is 1.63 bits per heavy atom. The first-order valence-corrected chi connectivity index (χ1v) is 36.7. The van der Waals surface area contributed by atoms with E-state index in [0.29, 0.717) is 12.8 Å². The first-order valence-electron chi connectivity index (χ1n) is 32.7. The molecule has 0 aromatic heterocycles. The van der Waals surface area contributed by atoms with Crippen LogP contribution in [0.1, 0.15) is 167 Å². The number of carbonyl (C=O) groups excluding carboxylic acids is 2. The first kappa shape index (κ1) is 79.3. The molecule has 0 radical (unpaired) electrons. The Balaban J connectivity index is 0.00000207. The quantitative estimate of drug-likeness (QED) is 0.0349. The van der Waals surface area contributed by atoms with Gasteiger partial charge in [-0.15, -0.1) is 0 Å². The number of methoxy groups -OCH3 is 1. The number of benzene rings is 3. The predicted octanol–water partition coefficient (Wildman–Crippen LogP) is 12.4. The van der Waals surface area contributed by atoms with Gasteiger partial charge in [-0.05, 0) is 218 Å². The van der Waals surface area contributed by atoms with Gasteiger partial charge in [0.05, 0.1) is 53.7 Å². The van der Waals surface area contributed by atoms with E-state index in [1.807, 2.05) is 39.8 Å².